The monoisotopic (exact) mass is 252 g/mol. The Morgan fingerprint density at radius 1 is 1.11 bits per heavy atom. The molecule has 19 heavy (non-hydrogen) atoms. The smallest absolute Gasteiger partial charge is 0.255 e. The van der Waals surface area contributed by atoms with Crippen molar-refractivity contribution in [1.82, 2.24) is 0 Å². The average molecular weight is 252 g/mol. The van der Waals surface area contributed by atoms with Crippen LogP contribution in [0.1, 0.15) is 15.9 Å². The molecule has 0 bridgehead atoms. The van der Waals surface area contributed by atoms with Gasteiger partial charge in [0.1, 0.15) is 6.07 Å². The van der Waals surface area contributed by atoms with Crippen molar-refractivity contribution in [2.45, 2.75) is 0 Å². The summed E-state index contributed by atoms with van der Waals surface area (Å²) in [5.74, 6) is -0.360. The molecule has 0 saturated heterocycles. The predicted octanol–water partition coefficient (Wildman–Crippen LogP) is 1.97. The van der Waals surface area contributed by atoms with Gasteiger partial charge < -0.3 is 16.8 Å². The van der Waals surface area contributed by atoms with Crippen molar-refractivity contribution in [2.75, 3.05) is 16.8 Å². The minimum absolute atomic E-state index is 0.352. The van der Waals surface area contributed by atoms with Crippen LogP contribution < -0.4 is 16.8 Å². The van der Waals surface area contributed by atoms with E-state index in [1.54, 1.807) is 30.3 Å². The van der Waals surface area contributed by atoms with Gasteiger partial charge in [-0.1, -0.05) is 12.1 Å². The first kappa shape index (κ1) is 12.5. The number of anilines is 3. The molecule has 0 unspecified atom stereocenters. The van der Waals surface area contributed by atoms with E-state index in [-0.39, 0.29) is 5.91 Å². The zero-order valence-corrected chi connectivity index (χ0v) is 10.1. The Bertz CT molecular complexity index is 653. The van der Waals surface area contributed by atoms with Gasteiger partial charge in [0.2, 0.25) is 0 Å². The highest BCUT2D eigenvalue weighted by Gasteiger charge is 2.09. The van der Waals surface area contributed by atoms with Gasteiger partial charge in [0.25, 0.3) is 5.91 Å². The molecule has 0 aliphatic heterocycles. The number of amides is 1. The van der Waals surface area contributed by atoms with E-state index in [4.69, 9.17) is 16.7 Å². The van der Waals surface area contributed by atoms with E-state index in [0.29, 0.717) is 28.2 Å². The van der Waals surface area contributed by atoms with Crippen molar-refractivity contribution in [1.29, 1.82) is 5.26 Å². The number of nitriles is 1. The Balaban J connectivity index is 2.29. The molecule has 1 amide bonds. The number of carbonyl (C=O) groups excluding carboxylic acids is 1. The SMILES string of the molecule is N#Cc1ccccc1NC(=O)c1cc(N)cc(N)c1. The number of benzene rings is 2. The van der Waals surface area contributed by atoms with Gasteiger partial charge >= 0.3 is 0 Å². The van der Waals surface area contributed by atoms with Crippen LogP contribution in [0.2, 0.25) is 0 Å². The van der Waals surface area contributed by atoms with Crippen LogP contribution in [-0.4, -0.2) is 5.91 Å². The molecule has 0 aliphatic rings. The average Bonchev–Trinajstić information content (AvgIpc) is 2.38. The highest BCUT2D eigenvalue weighted by atomic mass is 16.1. The third kappa shape index (κ3) is 2.82. The van der Waals surface area contributed by atoms with Crippen LogP contribution in [0.4, 0.5) is 17.1 Å². The van der Waals surface area contributed by atoms with Gasteiger partial charge in [-0.2, -0.15) is 5.26 Å². The Morgan fingerprint density at radius 2 is 1.74 bits per heavy atom. The lowest BCUT2D eigenvalue weighted by Crippen LogP contribution is -2.13. The van der Waals surface area contributed by atoms with Gasteiger partial charge in [0, 0.05) is 16.9 Å². The quantitative estimate of drug-likeness (QED) is 0.710. The molecule has 94 valence electrons. The van der Waals surface area contributed by atoms with Crippen LogP contribution in [-0.2, 0) is 0 Å². The molecule has 0 fully saturated rings. The molecule has 2 aromatic rings. The second-order valence-electron chi connectivity index (χ2n) is 4.00. The molecule has 5 N–H and O–H groups in total. The summed E-state index contributed by atoms with van der Waals surface area (Å²) in [6, 6.07) is 13.4. The van der Waals surface area contributed by atoms with E-state index in [2.05, 4.69) is 5.32 Å². The number of nitrogens with zero attached hydrogens (tertiary/aromatic N) is 1. The summed E-state index contributed by atoms with van der Waals surface area (Å²) >= 11 is 0. The van der Waals surface area contributed by atoms with Gasteiger partial charge in [-0.25, -0.2) is 0 Å². The number of rotatable bonds is 2. The Labute approximate surface area is 110 Å². The van der Waals surface area contributed by atoms with E-state index in [0.717, 1.165) is 0 Å². The normalized spacial score (nSPS) is 9.63. The molecule has 0 radical (unpaired) electrons. The van der Waals surface area contributed by atoms with Crippen LogP contribution >= 0.6 is 0 Å². The molecule has 0 aromatic heterocycles. The number of nitrogens with two attached hydrogens (primary N) is 2. The summed E-state index contributed by atoms with van der Waals surface area (Å²) in [4.78, 5) is 12.1. The summed E-state index contributed by atoms with van der Waals surface area (Å²) in [5, 5.41) is 11.6. The van der Waals surface area contributed by atoms with Crippen molar-refractivity contribution in [2.24, 2.45) is 0 Å². The van der Waals surface area contributed by atoms with Gasteiger partial charge in [-0.05, 0) is 30.3 Å². The molecular weight excluding hydrogens is 240 g/mol. The van der Waals surface area contributed by atoms with Crippen molar-refractivity contribution < 1.29 is 4.79 Å². The fourth-order valence-corrected chi connectivity index (χ4v) is 1.69. The molecule has 0 aliphatic carbocycles. The molecule has 0 spiro atoms. The maximum atomic E-state index is 12.1. The second-order valence-corrected chi connectivity index (χ2v) is 4.00. The largest absolute Gasteiger partial charge is 0.399 e. The van der Waals surface area contributed by atoms with Crippen molar-refractivity contribution in [3.63, 3.8) is 0 Å². The van der Waals surface area contributed by atoms with Crippen LogP contribution in [0, 0.1) is 11.3 Å². The number of nitrogen functional groups attached to an aromatic ring is 2. The summed E-state index contributed by atoms with van der Waals surface area (Å²) < 4.78 is 0. The Hall–Kier alpha value is -3.00. The molecule has 0 atom stereocenters. The minimum atomic E-state index is -0.360. The molecule has 2 rings (SSSR count). The first-order valence-electron chi connectivity index (χ1n) is 5.56. The van der Waals surface area contributed by atoms with E-state index in [1.807, 2.05) is 6.07 Å². The topological polar surface area (TPSA) is 105 Å². The summed E-state index contributed by atoms with van der Waals surface area (Å²) in [6.07, 6.45) is 0. The van der Waals surface area contributed by atoms with E-state index in [9.17, 15) is 4.79 Å². The molecule has 0 saturated carbocycles. The number of hydrogen-bond acceptors (Lipinski definition) is 4. The maximum Gasteiger partial charge on any atom is 0.255 e. The number of carbonyl (C=O) groups is 1. The predicted molar refractivity (Wildman–Crippen MR) is 74.4 cm³/mol. The van der Waals surface area contributed by atoms with E-state index >= 15 is 0 Å². The zero-order valence-electron chi connectivity index (χ0n) is 10.1. The van der Waals surface area contributed by atoms with E-state index < -0.39 is 0 Å². The lowest BCUT2D eigenvalue weighted by Gasteiger charge is -2.08. The van der Waals surface area contributed by atoms with Gasteiger partial charge in [0.15, 0.2) is 0 Å². The summed E-state index contributed by atoms with van der Waals surface area (Å²) in [5.41, 5.74) is 13.3. The van der Waals surface area contributed by atoms with Crippen LogP contribution in [0.25, 0.3) is 0 Å². The highest BCUT2D eigenvalue weighted by molar-refractivity contribution is 6.06. The van der Waals surface area contributed by atoms with Crippen LogP contribution in [0.5, 0.6) is 0 Å². The number of para-hydroxylation sites is 1. The van der Waals surface area contributed by atoms with Crippen molar-refractivity contribution >= 4 is 23.0 Å². The van der Waals surface area contributed by atoms with Gasteiger partial charge in [-0.15, -0.1) is 0 Å². The van der Waals surface area contributed by atoms with E-state index in [1.165, 1.54) is 12.1 Å². The van der Waals surface area contributed by atoms with Crippen LogP contribution in [0.3, 0.4) is 0 Å². The Morgan fingerprint density at radius 3 is 2.37 bits per heavy atom. The third-order valence-electron chi connectivity index (χ3n) is 2.54. The van der Waals surface area contributed by atoms with Gasteiger partial charge in [-0.3, -0.25) is 4.79 Å². The molecule has 5 nitrogen and oxygen atoms in total. The lowest BCUT2D eigenvalue weighted by atomic mass is 10.1. The minimum Gasteiger partial charge on any atom is -0.399 e. The zero-order chi connectivity index (χ0) is 13.8. The highest BCUT2D eigenvalue weighted by Crippen LogP contribution is 2.18. The molecule has 0 heterocycles. The fraction of sp³-hybridized carbons (Fsp3) is 0. The standard InChI is InChI=1S/C14H12N4O/c15-8-9-3-1-2-4-13(9)18-14(19)10-5-11(16)7-12(17)6-10/h1-7H,16-17H2,(H,18,19). The lowest BCUT2D eigenvalue weighted by molar-refractivity contribution is 0.102. The van der Waals surface area contributed by atoms with Gasteiger partial charge in [0.05, 0.1) is 11.3 Å². The Kier molecular flexibility index (Phi) is 3.35. The van der Waals surface area contributed by atoms with Crippen molar-refractivity contribution in [3.8, 4) is 6.07 Å². The van der Waals surface area contributed by atoms with Crippen LogP contribution in [0.15, 0.2) is 42.5 Å². The number of nitrogens with one attached hydrogen (secondary N) is 1. The second kappa shape index (κ2) is 5.10. The van der Waals surface area contributed by atoms with Crippen molar-refractivity contribution in [3.05, 3.63) is 53.6 Å². The fourth-order valence-electron chi connectivity index (χ4n) is 1.69. The summed E-state index contributed by atoms with van der Waals surface area (Å²) in [7, 11) is 0. The maximum absolute atomic E-state index is 12.1. The summed E-state index contributed by atoms with van der Waals surface area (Å²) in [6.45, 7) is 0. The molecule has 2 aromatic carbocycles. The third-order valence-corrected chi connectivity index (χ3v) is 2.54. The molecule has 5 heteroatoms. The number of hydrogen-bond donors (Lipinski definition) is 3. The first-order valence-corrected chi connectivity index (χ1v) is 5.56. The first-order chi connectivity index (χ1) is 9.10. The molecular formula is C14H12N4O.